The first-order valence-electron chi connectivity index (χ1n) is 5.42. The maximum atomic E-state index is 5.70. The third-order valence-corrected chi connectivity index (χ3v) is 4.25. The molecule has 2 nitrogen and oxygen atoms in total. The van der Waals surface area contributed by atoms with Gasteiger partial charge in [-0.1, -0.05) is 42.5 Å². The zero-order chi connectivity index (χ0) is 11.4. The summed E-state index contributed by atoms with van der Waals surface area (Å²) in [4.78, 5) is 0. The zero-order valence-corrected chi connectivity index (χ0v) is 11.1. The van der Waals surface area contributed by atoms with Gasteiger partial charge in [0.25, 0.3) is 0 Å². The molecule has 0 spiro atoms. The summed E-state index contributed by atoms with van der Waals surface area (Å²) in [7, 11) is 0.952. The average molecular weight is 232 g/mol. The van der Waals surface area contributed by atoms with Gasteiger partial charge in [0.15, 0.2) is 9.76 Å². The van der Waals surface area contributed by atoms with Crippen molar-refractivity contribution >= 4 is 25.7 Å². The molecular formula is C13H16O2Si. The number of ether oxygens (including phenoxy) is 1. The Morgan fingerprint density at radius 2 is 1.81 bits per heavy atom. The van der Waals surface area contributed by atoms with Gasteiger partial charge in [0.2, 0.25) is 0 Å². The van der Waals surface area contributed by atoms with Crippen molar-refractivity contribution in [1.29, 1.82) is 0 Å². The van der Waals surface area contributed by atoms with E-state index in [1.165, 1.54) is 16.0 Å². The van der Waals surface area contributed by atoms with E-state index in [1.807, 2.05) is 6.92 Å². The lowest BCUT2D eigenvalue weighted by molar-refractivity contribution is -0.0356. The summed E-state index contributed by atoms with van der Waals surface area (Å²) in [5, 5.41) is 3.92. The smallest absolute Gasteiger partial charge is 0.196 e. The average Bonchev–Trinajstić information content (AvgIpc) is 2.35. The van der Waals surface area contributed by atoms with Gasteiger partial charge in [-0.05, 0) is 22.9 Å². The first kappa shape index (κ1) is 11.3. The molecule has 0 heterocycles. The second kappa shape index (κ2) is 5.25. The van der Waals surface area contributed by atoms with Crippen LogP contribution in [-0.4, -0.2) is 23.2 Å². The quantitative estimate of drug-likeness (QED) is 0.588. The highest BCUT2D eigenvalue weighted by atomic mass is 28.2. The van der Waals surface area contributed by atoms with Crippen LogP contribution in [0.4, 0.5) is 0 Å². The Kier molecular flexibility index (Phi) is 3.72. The Hall–Kier alpha value is -1.16. The zero-order valence-electron chi connectivity index (χ0n) is 9.64. The lowest BCUT2D eigenvalue weighted by atomic mass is 10.1. The Bertz CT molecular complexity index is 465. The normalized spacial score (nSPS) is 13.6. The molecule has 0 saturated heterocycles. The molecule has 0 saturated carbocycles. The summed E-state index contributed by atoms with van der Waals surface area (Å²) in [5.41, 5.74) is 0. The fourth-order valence-corrected chi connectivity index (χ4v) is 2.95. The maximum Gasteiger partial charge on any atom is 0.196 e. The molecule has 0 bridgehead atoms. The molecule has 3 heteroatoms. The molecule has 16 heavy (non-hydrogen) atoms. The minimum Gasteiger partial charge on any atom is -0.394 e. The van der Waals surface area contributed by atoms with Crippen LogP contribution in [0.25, 0.3) is 10.8 Å². The predicted molar refractivity (Wildman–Crippen MR) is 69.7 cm³/mol. The van der Waals surface area contributed by atoms with Crippen molar-refractivity contribution in [3.8, 4) is 0 Å². The van der Waals surface area contributed by atoms with Crippen molar-refractivity contribution in [2.75, 3.05) is 7.11 Å². The third kappa shape index (κ3) is 2.50. The lowest BCUT2D eigenvalue weighted by Gasteiger charge is -2.12. The van der Waals surface area contributed by atoms with Crippen molar-refractivity contribution in [2.45, 2.75) is 13.2 Å². The van der Waals surface area contributed by atoms with Gasteiger partial charge in [-0.25, -0.2) is 0 Å². The van der Waals surface area contributed by atoms with E-state index < -0.39 is 9.76 Å². The highest BCUT2D eigenvalue weighted by Gasteiger charge is 2.04. The van der Waals surface area contributed by atoms with Crippen LogP contribution in [0.2, 0.25) is 0 Å². The van der Waals surface area contributed by atoms with E-state index >= 15 is 0 Å². The summed E-state index contributed by atoms with van der Waals surface area (Å²) in [5.74, 6) is 0. The molecule has 0 N–H and O–H groups in total. The Morgan fingerprint density at radius 1 is 1.06 bits per heavy atom. The largest absolute Gasteiger partial charge is 0.394 e. The third-order valence-electron chi connectivity index (χ3n) is 2.69. The molecule has 2 rings (SSSR count). The highest BCUT2D eigenvalue weighted by Crippen LogP contribution is 2.10. The second-order valence-electron chi connectivity index (χ2n) is 3.75. The lowest BCUT2D eigenvalue weighted by Crippen LogP contribution is -2.23. The van der Waals surface area contributed by atoms with Crippen LogP contribution < -0.4 is 5.19 Å². The van der Waals surface area contributed by atoms with E-state index in [2.05, 4.69) is 42.5 Å². The topological polar surface area (TPSA) is 18.5 Å². The standard InChI is InChI=1S/C13H16O2Si/c1-10(14-2)15-16-13-9-5-7-11-6-3-4-8-12(11)13/h3-10H,16H2,1-2H3. The van der Waals surface area contributed by atoms with E-state index in [9.17, 15) is 0 Å². The van der Waals surface area contributed by atoms with Crippen molar-refractivity contribution in [3.05, 3.63) is 42.5 Å². The van der Waals surface area contributed by atoms with Gasteiger partial charge in [-0.15, -0.1) is 0 Å². The van der Waals surface area contributed by atoms with Gasteiger partial charge in [-0.2, -0.15) is 0 Å². The SMILES string of the molecule is COC(C)O[SiH2]c1cccc2ccccc12. The minimum atomic E-state index is -0.717. The summed E-state index contributed by atoms with van der Waals surface area (Å²) in [6.07, 6.45) is -0.106. The van der Waals surface area contributed by atoms with Gasteiger partial charge in [-0.3, -0.25) is 0 Å². The van der Waals surface area contributed by atoms with Gasteiger partial charge < -0.3 is 9.16 Å². The maximum absolute atomic E-state index is 5.70. The van der Waals surface area contributed by atoms with Crippen molar-refractivity contribution < 1.29 is 9.16 Å². The number of fused-ring (bicyclic) bond motifs is 1. The molecule has 0 aliphatic heterocycles. The fourth-order valence-electron chi connectivity index (χ4n) is 1.69. The van der Waals surface area contributed by atoms with Crippen molar-refractivity contribution in [3.63, 3.8) is 0 Å². The molecule has 0 aromatic heterocycles. The first-order chi connectivity index (χ1) is 7.81. The molecule has 1 atom stereocenters. The number of methoxy groups -OCH3 is 1. The molecule has 0 radical (unpaired) electrons. The van der Waals surface area contributed by atoms with Gasteiger partial charge >= 0.3 is 0 Å². The van der Waals surface area contributed by atoms with E-state index in [0.29, 0.717) is 0 Å². The Morgan fingerprint density at radius 3 is 2.62 bits per heavy atom. The number of hydrogen-bond acceptors (Lipinski definition) is 2. The van der Waals surface area contributed by atoms with Crippen LogP contribution in [0.3, 0.4) is 0 Å². The molecule has 84 valence electrons. The van der Waals surface area contributed by atoms with Gasteiger partial charge in [0.05, 0.1) is 0 Å². The first-order valence-corrected chi connectivity index (χ1v) is 6.71. The van der Waals surface area contributed by atoms with Crippen LogP contribution >= 0.6 is 0 Å². The predicted octanol–water partition coefficient (Wildman–Crippen LogP) is 1.56. The van der Waals surface area contributed by atoms with Crippen LogP contribution in [0, 0.1) is 0 Å². The highest BCUT2D eigenvalue weighted by molar-refractivity contribution is 6.51. The van der Waals surface area contributed by atoms with Crippen LogP contribution in [-0.2, 0) is 9.16 Å². The van der Waals surface area contributed by atoms with Crippen LogP contribution in [0.15, 0.2) is 42.5 Å². The van der Waals surface area contributed by atoms with Crippen molar-refractivity contribution in [1.82, 2.24) is 0 Å². The molecule has 1 unspecified atom stereocenters. The second-order valence-corrected chi connectivity index (χ2v) is 5.14. The Balaban J connectivity index is 2.23. The fraction of sp³-hybridized carbons (Fsp3) is 0.231. The Labute approximate surface area is 98.1 Å². The van der Waals surface area contributed by atoms with Crippen LogP contribution in [0.5, 0.6) is 0 Å². The van der Waals surface area contributed by atoms with E-state index in [0.717, 1.165) is 0 Å². The monoisotopic (exact) mass is 232 g/mol. The molecule has 2 aromatic rings. The van der Waals surface area contributed by atoms with E-state index in [1.54, 1.807) is 7.11 Å². The molecule has 0 fully saturated rings. The van der Waals surface area contributed by atoms with Gasteiger partial charge in [0.1, 0.15) is 6.29 Å². The molecular weight excluding hydrogens is 216 g/mol. The molecule has 0 aliphatic rings. The van der Waals surface area contributed by atoms with Crippen molar-refractivity contribution in [2.24, 2.45) is 0 Å². The number of benzene rings is 2. The number of rotatable bonds is 4. The number of hydrogen-bond donors (Lipinski definition) is 0. The van der Waals surface area contributed by atoms with E-state index in [-0.39, 0.29) is 6.29 Å². The summed E-state index contributed by atoms with van der Waals surface area (Å²) >= 11 is 0. The van der Waals surface area contributed by atoms with Crippen LogP contribution in [0.1, 0.15) is 6.92 Å². The minimum absolute atomic E-state index is 0.106. The molecule has 2 aromatic carbocycles. The van der Waals surface area contributed by atoms with Gasteiger partial charge in [0, 0.05) is 7.11 Å². The summed E-state index contributed by atoms with van der Waals surface area (Å²) in [6.45, 7) is 1.93. The summed E-state index contributed by atoms with van der Waals surface area (Å²) in [6, 6.07) is 14.8. The van der Waals surface area contributed by atoms with E-state index in [4.69, 9.17) is 9.16 Å². The summed E-state index contributed by atoms with van der Waals surface area (Å²) < 4.78 is 10.8. The molecule has 0 amide bonds. The molecule has 0 aliphatic carbocycles.